The fourth-order valence-corrected chi connectivity index (χ4v) is 2.19. The van der Waals surface area contributed by atoms with Gasteiger partial charge in [0.15, 0.2) is 0 Å². The molecule has 0 atom stereocenters. The Morgan fingerprint density at radius 1 is 1.42 bits per heavy atom. The average Bonchev–Trinajstić information content (AvgIpc) is 2.29. The van der Waals surface area contributed by atoms with Gasteiger partial charge in [-0.15, -0.1) is 0 Å². The Kier molecular flexibility index (Phi) is 1.83. The predicted octanol–water partition coefficient (Wildman–Crippen LogP) is 2.49. The summed E-state index contributed by atoms with van der Waals surface area (Å²) in [6.45, 7) is 2.09. The highest BCUT2D eigenvalue weighted by atomic mass is 127. The standard InChI is InChI=1S/C9H9IN2/c1-6-3-8(10)4-7-5-12(2)11-9(6)7/h3-5H,1-2H3. The Hall–Kier alpha value is -0.580. The lowest BCUT2D eigenvalue weighted by Gasteiger charge is -1.94. The third-order valence-corrected chi connectivity index (χ3v) is 2.50. The SMILES string of the molecule is Cc1cc(I)cc2cn(C)nc12. The summed E-state index contributed by atoms with van der Waals surface area (Å²) in [6, 6.07) is 4.30. The second kappa shape index (κ2) is 2.73. The molecule has 0 radical (unpaired) electrons. The maximum Gasteiger partial charge on any atom is 0.0953 e. The fraction of sp³-hybridized carbons (Fsp3) is 0.222. The van der Waals surface area contributed by atoms with Crippen molar-refractivity contribution in [3.05, 3.63) is 27.5 Å². The van der Waals surface area contributed by atoms with Gasteiger partial charge in [0, 0.05) is 22.2 Å². The molecular weight excluding hydrogens is 263 g/mol. The first-order valence-electron chi connectivity index (χ1n) is 3.76. The minimum absolute atomic E-state index is 1.11. The molecule has 0 bridgehead atoms. The summed E-state index contributed by atoms with van der Waals surface area (Å²) in [4.78, 5) is 0. The molecule has 0 unspecified atom stereocenters. The smallest absolute Gasteiger partial charge is 0.0953 e. The minimum atomic E-state index is 1.11. The van der Waals surface area contributed by atoms with Crippen LogP contribution in [0.2, 0.25) is 0 Å². The Labute approximate surface area is 84.7 Å². The highest BCUT2D eigenvalue weighted by Gasteiger charge is 2.02. The van der Waals surface area contributed by atoms with E-state index in [-0.39, 0.29) is 0 Å². The number of aromatic nitrogens is 2. The average molecular weight is 272 g/mol. The van der Waals surface area contributed by atoms with E-state index in [9.17, 15) is 0 Å². The quantitative estimate of drug-likeness (QED) is 0.674. The Balaban J connectivity index is 2.88. The number of hydrogen-bond donors (Lipinski definition) is 0. The van der Waals surface area contributed by atoms with Crippen LogP contribution in [-0.2, 0) is 7.05 Å². The maximum absolute atomic E-state index is 4.37. The fourth-order valence-electron chi connectivity index (χ4n) is 1.38. The minimum Gasteiger partial charge on any atom is -0.275 e. The van der Waals surface area contributed by atoms with Gasteiger partial charge in [-0.2, -0.15) is 5.10 Å². The van der Waals surface area contributed by atoms with Gasteiger partial charge in [-0.3, -0.25) is 4.68 Å². The van der Waals surface area contributed by atoms with Crippen LogP contribution in [0, 0.1) is 10.5 Å². The van der Waals surface area contributed by atoms with Crippen molar-refractivity contribution >= 4 is 33.5 Å². The molecule has 0 aliphatic carbocycles. The normalized spacial score (nSPS) is 10.9. The molecule has 2 nitrogen and oxygen atoms in total. The van der Waals surface area contributed by atoms with Gasteiger partial charge in [-0.1, -0.05) is 0 Å². The first kappa shape index (κ1) is 8.04. The Morgan fingerprint density at radius 3 is 2.92 bits per heavy atom. The molecular formula is C9H9IN2. The number of rotatable bonds is 0. The van der Waals surface area contributed by atoms with E-state index in [1.807, 2.05) is 17.9 Å². The first-order valence-corrected chi connectivity index (χ1v) is 4.84. The highest BCUT2D eigenvalue weighted by molar-refractivity contribution is 14.1. The van der Waals surface area contributed by atoms with Crippen LogP contribution in [0.25, 0.3) is 10.9 Å². The monoisotopic (exact) mass is 272 g/mol. The van der Waals surface area contributed by atoms with Crippen molar-refractivity contribution in [3.63, 3.8) is 0 Å². The molecule has 1 aromatic carbocycles. The van der Waals surface area contributed by atoms with Crippen molar-refractivity contribution in [2.24, 2.45) is 7.05 Å². The summed E-state index contributed by atoms with van der Waals surface area (Å²) >= 11 is 2.33. The summed E-state index contributed by atoms with van der Waals surface area (Å²) in [5.74, 6) is 0. The van der Waals surface area contributed by atoms with Crippen LogP contribution < -0.4 is 0 Å². The zero-order valence-corrected chi connectivity index (χ0v) is 9.16. The Morgan fingerprint density at radius 2 is 2.17 bits per heavy atom. The molecule has 3 heteroatoms. The van der Waals surface area contributed by atoms with Crippen LogP contribution in [-0.4, -0.2) is 9.78 Å². The molecule has 0 spiro atoms. The van der Waals surface area contributed by atoms with Crippen LogP contribution >= 0.6 is 22.6 Å². The third-order valence-electron chi connectivity index (χ3n) is 1.88. The topological polar surface area (TPSA) is 17.8 Å². The molecule has 62 valence electrons. The summed E-state index contributed by atoms with van der Waals surface area (Å²) < 4.78 is 3.12. The summed E-state index contributed by atoms with van der Waals surface area (Å²) in [5.41, 5.74) is 2.36. The number of aryl methyl sites for hydroxylation is 2. The lowest BCUT2D eigenvalue weighted by Crippen LogP contribution is -1.86. The molecule has 0 N–H and O–H groups in total. The van der Waals surface area contributed by atoms with Crippen LogP contribution in [0.4, 0.5) is 0 Å². The lowest BCUT2D eigenvalue weighted by atomic mass is 10.2. The number of fused-ring (bicyclic) bond motifs is 1. The van der Waals surface area contributed by atoms with Crippen LogP contribution in [0.1, 0.15) is 5.56 Å². The summed E-state index contributed by atoms with van der Waals surface area (Å²) in [5, 5.41) is 5.59. The van der Waals surface area contributed by atoms with E-state index in [2.05, 4.69) is 46.7 Å². The predicted molar refractivity (Wildman–Crippen MR) is 58.2 cm³/mol. The zero-order chi connectivity index (χ0) is 8.72. The summed E-state index contributed by atoms with van der Waals surface area (Å²) in [7, 11) is 1.95. The van der Waals surface area contributed by atoms with Gasteiger partial charge >= 0.3 is 0 Å². The number of benzene rings is 1. The van der Waals surface area contributed by atoms with E-state index in [4.69, 9.17) is 0 Å². The molecule has 1 heterocycles. The van der Waals surface area contributed by atoms with E-state index in [0.29, 0.717) is 0 Å². The molecule has 0 fully saturated rings. The van der Waals surface area contributed by atoms with E-state index in [0.717, 1.165) is 5.52 Å². The van der Waals surface area contributed by atoms with Gasteiger partial charge in [-0.05, 0) is 47.2 Å². The molecule has 2 rings (SSSR count). The van der Waals surface area contributed by atoms with Crippen molar-refractivity contribution in [2.45, 2.75) is 6.92 Å². The van der Waals surface area contributed by atoms with E-state index in [1.165, 1.54) is 14.5 Å². The number of hydrogen-bond acceptors (Lipinski definition) is 1. The van der Waals surface area contributed by atoms with Gasteiger partial charge in [0.2, 0.25) is 0 Å². The van der Waals surface area contributed by atoms with Crippen molar-refractivity contribution in [3.8, 4) is 0 Å². The van der Waals surface area contributed by atoms with Gasteiger partial charge < -0.3 is 0 Å². The second-order valence-electron chi connectivity index (χ2n) is 2.96. The van der Waals surface area contributed by atoms with Crippen LogP contribution in [0.5, 0.6) is 0 Å². The molecule has 0 saturated heterocycles. The third kappa shape index (κ3) is 1.22. The lowest BCUT2D eigenvalue weighted by molar-refractivity contribution is 0.779. The largest absolute Gasteiger partial charge is 0.275 e. The Bertz CT molecular complexity index is 431. The molecule has 0 aliphatic rings. The van der Waals surface area contributed by atoms with E-state index in [1.54, 1.807) is 0 Å². The second-order valence-corrected chi connectivity index (χ2v) is 4.21. The molecule has 0 aliphatic heterocycles. The van der Waals surface area contributed by atoms with Crippen LogP contribution in [0.15, 0.2) is 18.3 Å². The maximum atomic E-state index is 4.37. The number of nitrogens with zero attached hydrogens (tertiary/aromatic N) is 2. The van der Waals surface area contributed by atoms with E-state index < -0.39 is 0 Å². The first-order chi connectivity index (χ1) is 5.66. The van der Waals surface area contributed by atoms with Crippen molar-refractivity contribution in [2.75, 3.05) is 0 Å². The van der Waals surface area contributed by atoms with Crippen LogP contribution in [0.3, 0.4) is 0 Å². The van der Waals surface area contributed by atoms with Crippen molar-refractivity contribution in [1.29, 1.82) is 0 Å². The highest BCUT2D eigenvalue weighted by Crippen LogP contribution is 2.19. The van der Waals surface area contributed by atoms with Gasteiger partial charge in [-0.25, -0.2) is 0 Å². The van der Waals surface area contributed by atoms with Gasteiger partial charge in [0.25, 0.3) is 0 Å². The zero-order valence-electron chi connectivity index (χ0n) is 7.00. The molecule has 12 heavy (non-hydrogen) atoms. The van der Waals surface area contributed by atoms with Crippen molar-refractivity contribution < 1.29 is 0 Å². The molecule has 2 aromatic rings. The summed E-state index contributed by atoms with van der Waals surface area (Å²) in [6.07, 6.45) is 2.05. The molecule has 0 saturated carbocycles. The van der Waals surface area contributed by atoms with E-state index >= 15 is 0 Å². The molecule has 0 amide bonds. The number of halogens is 1. The molecule has 1 aromatic heterocycles. The van der Waals surface area contributed by atoms with Gasteiger partial charge in [0.05, 0.1) is 5.52 Å². The van der Waals surface area contributed by atoms with Gasteiger partial charge in [0.1, 0.15) is 0 Å². The van der Waals surface area contributed by atoms with Crippen molar-refractivity contribution in [1.82, 2.24) is 9.78 Å².